The zero-order valence-electron chi connectivity index (χ0n) is 19.4. The number of esters is 1. The third-order valence-electron chi connectivity index (χ3n) is 8.40. The summed E-state index contributed by atoms with van der Waals surface area (Å²) in [5, 5.41) is 2.09. The van der Waals surface area contributed by atoms with Crippen molar-refractivity contribution in [2.24, 2.45) is 5.92 Å². The number of piperidine rings is 4. The Labute approximate surface area is 196 Å². The SMILES string of the molecule is CC(C(=O)OC1C[N+]2(CCc3ccccc3)CCC1CC2)(c1cccs1)N1CCCCC1. The van der Waals surface area contributed by atoms with Gasteiger partial charge >= 0.3 is 5.97 Å². The summed E-state index contributed by atoms with van der Waals surface area (Å²) in [6, 6.07) is 15.0. The van der Waals surface area contributed by atoms with Gasteiger partial charge in [-0.2, -0.15) is 0 Å². The van der Waals surface area contributed by atoms with Crippen LogP contribution < -0.4 is 0 Å². The Hall–Kier alpha value is -1.69. The van der Waals surface area contributed by atoms with Gasteiger partial charge < -0.3 is 9.22 Å². The van der Waals surface area contributed by atoms with Gasteiger partial charge in [0.05, 0.1) is 19.6 Å². The molecule has 0 amide bonds. The second kappa shape index (κ2) is 9.28. The van der Waals surface area contributed by atoms with Crippen molar-refractivity contribution in [2.45, 2.75) is 57.1 Å². The van der Waals surface area contributed by atoms with Crippen molar-refractivity contribution in [2.75, 3.05) is 39.3 Å². The van der Waals surface area contributed by atoms with E-state index in [9.17, 15) is 4.79 Å². The molecular formula is C27H37N2O2S+. The van der Waals surface area contributed by atoms with Crippen LogP contribution in [0.2, 0.25) is 0 Å². The van der Waals surface area contributed by atoms with Crippen molar-refractivity contribution in [1.82, 2.24) is 4.90 Å². The highest BCUT2D eigenvalue weighted by atomic mass is 32.1. The van der Waals surface area contributed by atoms with Crippen LogP contribution in [-0.4, -0.2) is 60.7 Å². The number of thiophene rings is 1. The van der Waals surface area contributed by atoms with Crippen LogP contribution in [0.3, 0.4) is 0 Å². The lowest BCUT2D eigenvalue weighted by molar-refractivity contribution is -0.946. The molecule has 0 spiro atoms. The molecule has 0 N–H and O–H groups in total. The van der Waals surface area contributed by atoms with E-state index in [-0.39, 0.29) is 12.1 Å². The first-order valence-corrected chi connectivity index (χ1v) is 13.4. The van der Waals surface area contributed by atoms with E-state index in [1.807, 2.05) is 0 Å². The number of quaternary nitrogens is 1. The molecule has 1 aromatic carbocycles. The monoisotopic (exact) mass is 453 g/mol. The molecule has 1 aromatic heterocycles. The molecule has 4 aliphatic heterocycles. The molecule has 2 aromatic rings. The predicted molar refractivity (Wildman–Crippen MR) is 130 cm³/mol. The second-order valence-corrected chi connectivity index (χ2v) is 11.3. The second-order valence-electron chi connectivity index (χ2n) is 10.3. The van der Waals surface area contributed by atoms with Crippen molar-refractivity contribution in [3.63, 3.8) is 0 Å². The van der Waals surface area contributed by atoms with E-state index >= 15 is 0 Å². The molecule has 2 atom stereocenters. The van der Waals surface area contributed by atoms with Gasteiger partial charge in [-0.05, 0) is 49.9 Å². The van der Waals surface area contributed by atoms with Crippen LogP contribution in [0.15, 0.2) is 47.8 Å². The highest BCUT2D eigenvalue weighted by molar-refractivity contribution is 7.10. The van der Waals surface area contributed by atoms with Crippen LogP contribution >= 0.6 is 11.3 Å². The molecule has 0 radical (unpaired) electrons. The van der Waals surface area contributed by atoms with Gasteiger partial charge in [-0.3, -0.25) is 4.90 Å². The molecule has 0 aliphatic carbocycles. The molecule has 2 bridgehead atoms. The molecule has 32 heavy (non-hydrogen) atoms. The van der Waals surface area contributed by atoms with Gasteiger partial charge in [0.1, 0.15) is 6.54 Å². The van der Waals surface area contributed by atoms with Crippen LogP contribution in [0, 0.1) is 5.92 Å². The first-order chi connectivity index (χ1) is 15.6. The number of carbonyl (C=O) groups is 1. The average molecular weight is 454 g/mol. The van der Waals surface area contributed by atoms with Crippen molar-refractivity contribution in [3.8, 4) is 0 Å². The van der Waals surface area contributed by atoms with E-state index in [1.165, 1.54) is 50.8 Å². The molecule has 6 rings (SSSR count). The molecule has 0 saturated carbocycles. The smallest absolute Gasteiger partial charge is 0.332 e. The van der Waals surface area contributed by atoms with Crippen molar-refractivity contribution >= 4 is 17.3 Å². The number of fused-ring (bicyclic) bond motifs is 3. The standard InChI is InChI=1S/C27H37N2O2S/c1-27(25-11-8-20-32-25,28-15-6-3-7-16-28)26(30)31-24-21-29(18-13-23(24)14-19-29)17-12-22-9-4-2-5-10-22/h2,4-5,8-11,20,23-24H,3,6-7,12-19,21H2,1H3/q+1. The molecule has 5 heterocycles. The highest BCUT2D eigenvalue weighted by Crippen LogP contribution is 2.39. The summed E-state index contributed by atoms with van der Waals surface area (Å²) in [5.74, 6) is 0.506. The zero-order chi connectivity index (χ0) is 22.0. The summed E-state index contributed by atoms with van der Waals surface area (Å²) in [6.07, 6.45) is 7.13. The molecule has 4 saturated heterocycles. The Bertz CT molecular complexity index is 886. The number of ether oxygens (including phenoxy) is 1. The van der Waals surface area contributed by atoms with Gasteiger partial charge in [0.15, 0.2) is 11.6 Å². The summed E-state index contributed by atoms with van der Waals surface area (Å²) < 4.78 is 7.57. The van der Waals surface area contributed by atoms with Crippen LogP contribution in [0.1, 0.15) is 49.5 Å². The molecule has 4 fully saturated rings. The Morgan fingerprint density at radius 2 is 1.84 bits per heavy atom. The van der Waals surface area contributed by atoms with Gasteiger partial charge in [-0.15, -0.1) is 11.3 Å². The average Bonchev–Trinajstić information content (AvgIpc) is 3.40. The van der Waals surface area contributed by atoms with Crippen LogP contribution in [-0.2, 0) is 21.5 Å². The fourth-order valence-corrected chi connectivity index (χ4v) is 7.12. The van der Waals surface area contributed by atoms with Gasteiger partial charge in [0, 0.05) is 30.1 Å². The Balaban J connectivity index is 1.30. The number of nitrogens with zero attached hydrogens (tertiary/aromatic N) is 2. The van der Waals surface area contributed by atoms with E-state index in [0.29, 0.717) is 5.92 Å². The predicted octanol–water partition coefficient (Wildman–Crippen LogP) is 4.84. The first-order valence-electron chi connectivity index (χ1n) is 12.5. The van der Waals surface area contributed by atoms with Gasteiger partial charge in [-0.25, -0.2) is 4.79 Å². The third kappa shape index (κ3) is 4.27. The number of likely N-dealkylation sites (tertiary alicyclic amines) is 1. The van der Waals surface area contributed by atoms with E-state index < -0.39 is 5.54 Å². The lowest BCUT2D eigenvalue weighted by atomic mass is 9.82. The largest absolute Gasteiger partial charge is 0.454 e. The molecule has 172 valence electrons. The molecule has 2 unspecified atom stereocenters. The zero-order valence-corrected chi connectivity index (χ0v) is 20.2. The molecular weight excluding hydrogens is 416 g/mol. The minimum Gasteiger partial charge on any atom is -0.454 e. The first kappa shape index (κ1) is 22.1. The number of carbonyl (C=O) groups excluding carboxylic acids is 1. The van der Waals surface area contributed by atoms with Crippen molar-refractivity contribution in [1.29, 1.82) is 0 Å². The van der Waals surface area contributed by atoms with E-state index in [2.05, 4.69) is 59.7 Å². The van der Waals surface area contributed by atoms with Crippen LogP contribution in [0.4, 0.5) is 0 Å². The third-order valence-corrected chi connectivity index (χ3v) is 9.49. The maximum absolute atomic E-state index is 13.8. The molecule has 4 nitrogen and oxygen atoms in total. The fraction of sp³-hybridized carbons (Fsp3) is 0.593. The summed E-state index contributed by atoms with van der Waals surface area (Å²) in [4.78, 5) is 17.3. The van der Waals surface area contributed by atoms with Crippen LogP contribution in [0.25, 0.3) is 0 Å². The molecule has 4 aliphatic rings. The van der Waals surface area contributed by atoms with E-state index in [4.69, 9.17) is 4.74 Å². The lowest BCUT2D eigenvalue weighted by Crippen LogP contribution is -2.65. The van der Waals surface area contributed by atoms with E-state index in [1.54, 1.807) is 11.3 Å². The summed E-state index contributed by atoms with van der Waals surface area (Å²) in [7, 11) is 0. The van der Waals surface area contributed by atoms with Crippen LogP contribution in [0.5, 0.6) is 0 Å². The quantitative estimate of drug-likeness (QED) is 0.444. The van der Waals surface area contributed by atoms with Crippen molar-refractivity contribution in [3.05, 3.63) is 58.3 Å². The topological polar surface area (TPSA) is 29.5 Å². The molecule has 5 heteroatoms. The Kier molecular flexibility index (Phi) is 6.42. The lowest BCUT2D eigenvalue weighted by Gasteiger charge is -2.52. The summed E-state index contributed by atoms with van der Waals surface area (Å²) in [6.45, 7) is 8.68. The van der Waals surface area contributed by atoms with Gasteiger partial charge in [-0.1, -0.05) is 42.8 Å². The maximum Gasteiger partial charge on any atom is 0.332 e. The number of benzene rings is 1. The number of hydrogen-bond donors (Lipinski definition) is 0. The normalized spacial score (nSPS) is 30.0. The number of hydrogen-bond acceptors (Lipinski definition) is 4. The minimum absolute atomic E-state index is 0.0261. The van der Waals surface area contributed by atoms with Crippen molar-refractivity contribution < 1.29 is 14.0 Å². The minimum atomic E-state index is -0.657. The summed E-state index contributed by atoms with van der Waals surface area (Å²) >= 11 is 1.69. The Morgan fingerprint density at radius 1 is 1.09 bits per heavy atom. The Morgan fingerprint density at radius 3 is 2.53 bits per heavy atom. The summed E-state index contributed by atoms with van der Waals surface area (Å²) in [5.41, 5.74) is 0.756. The highest BCUT2D eigenvalue weighted by Gasteiger charge is 2.50. The maximum atomic E-state index is 13.8. The van der Waals surface area contributed by atoms with Gasteiger partial charge in [0.25, 0.3) is 0 Å². The fourth-order valence-electron chi connectivity index (χ4n) is 6.21. The number of rotatable bonds is 7. The van der Waals surface area contributed by atoms with Gasteiger partial charge in [0.2, 0.25) is 0 Å². The van der Waals surface area contributed by atoms with E-state index in [0.717, 1.165) is 42.0 Å².